The summed E-state index contributed by atoms with van der Waals surface area (Å²) in [6.45, 7) is 7.09. The number of hydrogen-bond donors (Lipinski definition) is 1. The Hall–Kier alpha value is -3.05. The first-order chi connectivity index (χ1) is 14.9. The van der Waals surface area contributed by atoms with E-state index in [2.05, 4.69) is 24.8 Å². The number of aryl methyl sites for hydroxylation is 1. The Labute approximate surface area is 182 Å². The van der Waals surface area contributed by atoms with Gasteiger partial charge in [-0.1, -0.05) is 32.0 Å². The molecule has 0 aliphatic carbocycles. The fourth-order valence-electron chi connectivity index (χ4n) is 5.22. The van der Waals surface area contributed by atoms with Gasteiger partial charge in [0.05, 0.1) is 11.1 Å². The number of carbonyl (C=O) groups is 1. The molecule has 1 fully saturated rings. The van der Waals surface area contributed by atoms with Crippen LogP contribution in [0.3, 0.4) is 0 Å². The molecule has 2 aliphatic heterocycles. The first kappa shape index (κ1) is 19.9. The van der Waals surface area contributed by atoms with E-state index in [0.717, 1.165) is 29.6 Å². The topological polar surface area (TPSA) is 54.7 Å². The van der Waals surface area contributed by atoms with Crippen LogP contribution in [-0.4, -0.2) is 33.4 Å². The second-order valence-electron chi connectivity index (χ2n) is 9.23. The maximum Gasteiger partial charge on any atom is 0.231 e. The summed E-state index contributed by atoms with van der Waals surface area (Å²) in [5, 5.41) is 11.7. The van der Waals surface area contributed by atoms with Crippen molar-refractivity contribution in [1.29, 1.82) is 0 Å². The van der Waals surface area contributed by atoms with E-state index in [-0.39, 0.29) is 11.5 Å². The monoisotopic (exact) mass is 416 g/mol. The number of ketones is 1. The SMILES string of the molecule is C[C@@H]1C[C@H](C)CN(Cc2c(O)ccc3c2O/C(=C/c2cn(C)c4ccccc24)C3=O)C1. The standard InChI is InChI=1S/C26H28N2O3/c1-16-10-17(2)13-28(12-16)15-21-23(29)9-8-20-25(30)24(31-26(20)21)11-18-14-27(3)22-7-5-4-6-19(18)22/h4-9,11,14,16-17,29H,10,12-13,15H2,1-3H3/b24-11+/t16-,17+. The van der Waals surface area contributed by atoms with Gasteiger partial charge in [0.25, 0.3) is 0 Å². The van der Waals surface area contributed by atoms with E-state index in [1.807, 2.05) is 42.1 Å². The van der Waals surface area contributed by atoms with Gasteiger partial charge in [-0.15, -0.1) is 0 Å². The number of allylic oxidation sites excluding steroid dienone is 1. The van der Waals surface area contributed by atoms with Crippen molar-refractivity contribution in [2.75, 3.05) is 13.1 Å². The minimum Gasteiger partial charge on any atom is -0.507 e. The molecule has 160 valence electrons. The molecule has 2 atom stereocenters. The van der Waals surface area contributed by atoms with Gasteiger partial charge >= 0.3 is 0 Å². The van der Waals surface area contributed by atoms with E-state index < -0.39 is 0 Å². The average molecular weight is 417 g/mol. The fourth-order valence-corrected chi connectivity index (χ4v) is 5.22. The molecule has 5 heteroatoms. The Kier molecular flexibility index (Phi) is 4.86. The van der Waals surface area contributed by atoms with Crippen molar-refractivity contribution < 1.29 is 14.6 Å². The normalized spacial score (nSPS) is 22.8. The smallest absolute Gasteiger partial charge is 0.231 e. The van der Waals surface area contributed by atoms with Gasteiger partial charge in [0.15, 0.2) is 5.76 Å². The zero-order chi connectivity index (χ0) is 21.7. The number of aromatic hydroxyl groups is 1. The number of likely N-dealkylation sites (tertiary alicyclic amines) is 1. The highest BCUT2D eigenvalue weighted by Gasteiger charge is 2.33. The number of Topliss-reactive ketones (excluding diaryl/α,β-unsaturated/α-hetero) is 1. The maximum atomic E-state index is 13.1. The molecular weight excluding hydrogens is 388 g/mol. The fraction of sp³-hybridized carbons (Fsp3) is 0.346. The largest absolute Gasteiger partial charge is 0.507 e. The number of rotatable bonds is 3. The zero-order valence-corrected chi connectivity index (χ0v) is 18.3. The minimum atomic E-state index is -0.135. The maximum absolute atomic E-state index is 13.1. The molecule has 31 heavy (non-hydrogen) atoms. The average Bonchev–Trinajstić information content (AvgIpc) is 3.21. The third-order valence-electron chi connectivity index (χ3n) is 6.46. The first-order valence-electron chi connectivity index (χ1n) is 11.0. The summed E-state index contributed by atoms with van der Waals surface area (Å²) in [6.07, 6.45) is 5.05. The Morgan fingerprint density at radius 2 is 1.87 bits per heavy atom. The van der Waals surface area contributed by atoms with Crippen LogP contribution in [0.2, 0.25) is 0 Å². The molecule has 2 aromatic carbocycles. The molecule has 2 aliphatic rings. The second-order valence-corrected chi connectivity index (χ2v) is 9.23. The molecule has 0 bridgehead atoms. The van der Waals surface area contributed by atoms with Crippen molar-refractivity contribution in [2.24, 2.45) is 18.9 Å². The van der Waals surface area contributed by atoms with Crippen LogP contribution in [0.4, 0.5) is 0 Å². The van der Waals surface area contributed by atoms with Crippen LogP contribution in [0, 0.1) is 11.8 Å². The predicted octanol–water partition coefficient (Wildman–Crippen LogP) is 4.98. The molecule has 1 N–H and O–H groups in total. The zero-order valence-electron chi connectivity index (χ0n) is 18.3. The van der Waals surface area contributed by atoms with Crippen LogP contribution in [0.25, 0.3) is 17.0 Å². The van der Waals surface area contributed by atoms with Crippen molar-refractivity contribution >= 4 is 22.8 Å². The van der Waals surface area contributed by atoms with Crippen LogP contribution in [0.5, 0.6) is 11.5 Å². The van der Waals surface area contributed by atoms with Crippen molar-refractivity contribution in [2.45, 2.75) is 26.8 Å². The van der Waals surface area contributed by atoms with E-state index in [0.29, 0.717) is 41.0 Å². The van der Waals surface area contributed by atoms with Crippen molar-refractivity contribution in [1.82, 2.24) is 9.47 Å². The third-order valence-corrected chi connectivity index (χ3v) is 6.46. The molecule has 1 aromatic heterocycles. The van der Waals surface area contributed by atoms with Gasteiger partial charge in [0, 0.05) is 49.3 Å². The summed E-state index contributed by atoms with van der Waals surface area (Å²) >= 11 is 0. The second kappa shape index (κ2) is 7.57. The lowest BCUT2D eigenvalue weighted by Crippen LogP contribution is -2.38. The highest BCUT2D eigenvalue weighted by molar-refractivity contribution is 6.15. The van der Waals surface area contributed by atoms with Crippen LogP contribution in [0.1, 0.15) is 41.8 Å². The summed E-state index contributed by atoms with van der Waals surface area (Å²) in [7, 11) is 1.99. The number of fused-ring (bicyclic) bond motifs is 2. The van der Waals surface area contributed by atoms with E-state index in [1.54, 1.807) is 12.1 Å². The van der Waals surface area contributed by atoms with Crippen LogP contribution >= 0.6 is 0 Å². The Morgan fingerprint density at radius 3 is 2.65 bits per heavy atom. The Bertz CT molecular complexity index is 1200. The van der Waals surface area contributed by atoms with E-state index in [4.69, 9.17) is 4.74 Å². The molecule has 3 aromatic rings. The van der Waals surface area contributed by atoms with Gasteiger partial charge in [-0.05, 0) is 42.5 Å². The highest BCUT2D eigenvalue weighted by Crippen LogP contribution is 2.41. The summed E-state index contributed by atoms with van der Waals surface area (Å²) < 4.78 is 8.15. The number of ether oxygens (including phenoxy) is 1. The number of benzene rings is 2. The lowest BCUT2D eigenvalue weighted by molar-refractivity contribution is 0.101. The number of para-hydroxylation sites is 1. The number of phenolic OH excluding ortho intramolecular Hbond substituents is 1. The lowest BCUT2D eigenvalue weighted by atomic mass is 9.91. The van der Waals surface area contributed by atoms with Crippen LogP contribution in [0.15, 0.2) is 48.4 Å². The Morgan fingerprint density at radius 1 is 1.13 bits per heavy atom. The Balaban J connectivity index is 1.49. The molecule has 0 amide bonds. The third kappa shape index (κ3) is 3.53. The first-order valence-corrected chi connectivity index (χ1v) is 11.0. The quantitative estimate of drug-likeness (QED) is 0.612. The minimum absolute atomic E-state index is 0.135. The van der Waals surface area contributed by atoms with Crippen LogP contribution < -0.4 is 4.74 Å². The molecule has 3 heterocycles. The molecule has 0 saturated carbocycles. The van der Waals surface area contributed by atoms with Gasteiger partial charge in [-0.25, -0.2) is 0 Å². The molecule has 5 nitrogen and oxygen atoms in total. The van der Waals surface area contributed by atoms with Crippen LogP contribution in [-0.2, 0) is 13.6 Å². The predicted molar refractivity (Wildman–Crippen MR) is 122 cm³/mol. The van der Waals surface area contributed by atoms with E-state index in [9.17, 15) is 9.90 Å². The van der Waals surface area contributed by atoms with Gasteiger partial charge in [-0.2, -0.15) is 0 Å². The number of nitrogens with zero attached hydrogens (tertiary/aromatic N) is 2. The summed E-state index contributed by atoms with van der Waals surface area (Å²) in [4.78, 5) is 15.5. The van der Waals surface area contributed by atoms with Crippen molar-refractivity contribution in [3.05, 3.63) is 65.0 Å². The summed E-state index contributed by atoms with van der Waals surface area (Å²) in [5.41, 5.74) is 3.27. The molecule has 0 radical (unpaired) electrons. The summed E-state index contributed by atoms with van der Waals surface area (Å²) in [6, 6.07) is 11.4. The molecular formula is C26H28N2O3. The number of carbonyl (C=O) groups excluding carboxylic acids is 1. The van der Waals surface area contributed by atoms with Gasteiger partial charge < -0.3 is 14.4 Å². The molecule has 1 saturated heterocycles. The number of hydrogen-bond acceptors (Lipinski definition) is 4. The number of aromatic nitrogens is 1. The van der Waals surface area contributed by atoms with Gasteiger partial charge in [0.2, 0.25) is 5.78 Å². The van der Waals surface area contributed by atoms with E-state index in [1.165, 1.54) is 6.42 Å². The van der Waals surface area contributed by atoms with Gasteiger partial charge in [0.1, 0.15) is 11.5 Å². The highest BCUT2D eigenvalue weighted by atomic mass is 16.5. The number of phenols is 1. The van der Waals surface area contributed by atoms with Crippen molar-refractivity contribution in [3.63, 3.8) is 0 Å². The number of piperidine rings is 1. The van der Waals surface area contributed by atoms with E-state index >= 15 is 0 Å². The van der Waals surface area contributed by atoms with Crippen molar-refractivity contribution in [3.8, 4) is 11.5 Å². The lowest BCUT2D eigenvalue weighted by Gasteiger charge is -2.35. The van der Waals surface area contributed by atoms with Gasteiger partial charge in [-0.3, -0.25) is 9.69 Å². The molecule has 0 spiro atoms. The summed E-state index contributed by atoms with van der Waals surface area (Å²) in [5.74, 6) is 2.09. The molecule has 0 unspecified atom stereocenters. The molecule has 5 rings (SSSR count).